The van der Waals surface area contributed by atoms with E-state index in [4.69, 9.17) is 14.1 Å². The minimum atomic E-state index is -0.571. The molecule has 0 radical (unpaired) electrons. The zero-order valence-electron chi connectivity index (χ0n) is 10.3. The van der Waals surface area contributed by atoms with Crippen LogP contribution in [0.25, 0.3) is 0 Å². The smallest absolute Gasteiger partial charge is 0.380 e. The summed E-state index contributed by atoms with van der Waals surface area (Å²) in [7, 11) is 2.44. The largest absolute Gasteiger partial charge is 0.431 e. The lowest BCUT2D eigenvalue weighted by Crippen LogP contribution is -2.43. The van der Waals surface area contributed by atoms with Gasteiger partial charge in [-0.25, -0.2) is 0 Å². The van der Waals surface area contributed by atoms with Crippen LogP contribution in [0, 0.1) is 5.92 Å². The Morgan fingerprint density at radius 2 is 2.39 bits per heavy atom. The Labute approximate surface area is 129 Å². The van der Waals surface area contributed by atoms with Gasteiger partial charge in [-0.3, -0.25) is 4.79 Å². The molecule has 0 aromatic heterocycles. The van der Waals surface area contributed by atoms with Crippen LogP contribution >= 0.6 is 44.2 Å². The number of ether oxygens (including phenoxy) is 2. The highest BCUT2D eigenvalue weighted by atomic mass is 127. The number of cyclic esters (lactones) is 1. The van der Waals surface area contributed by atoms with Gasteiger partial charge in [0.25, 0.3) is 0 Å². The van der Waals surface area contributed by atoms with Crippen molar-refractivity contribution in [3.63, 3.8) is 0 Å². The fourth-order valence-corrected chi connectivity index (χ4v) is 2.08. The number of carbonyl (C=O) groups excluding carboxylic acids is 1. The molecule has 8 heteroatoms. The van der Waals surface area contributed by atoms with Gasteiger partial charge in [0.05, 0.1) is 12.0 Å². The van der Waals surface area contributed by atoms with E-state index in [2.05, 4.69) is 44.2 Å². The van der Waals surface area contributed by atoms with Crippen molar-refractivity contribution in [2.75, 3.05) is 6.61 Å². The molecule has 4 nitrogen and oxygen atoms in total. The SMILES string of the molecule is C/C(=C\I)[C@H]1OC(=O)[C@@H](C)[C@@H](CCOB(P)S)O1. The number of rotatable bonds is 5. The van der Waals surface area contributed by atoms with Crippen LogP contribution in [0.2, 0.25) is 0 Å². The summed E-state index contributed by atoms with van der Waals surface area (Å²) in [5, 5.41) is 0. The van der Waals surface area contributed by atoms with E-state index in [0.29, 0.717) is 13.0 Å². The lowest BCUT2D eigenvalue weighted by molar-refractivity contribution is -0.218. The number of hydrogen-bond donors (Lipinski definition) is 1. The summed E-state index contributed by atoms with van der Waals surface area (Å²) in [5.74, 6) is -0.681. The maximum absolute atomic E-state index is 11.7. The predicted octanol–water partition coefficient (Wildman–Crippen LogP) is 2.43. The molecule has 102 valence electrons. The van der Waals surface area contributed by atoms with E-state index in [1.54, 1.807) is 0 Å². The van der Waals surface area contributed by atoms with Gasteiger partial charge in [0.15, 0.2) is 0 Å². The predicted molar refractivity (Wildman–Crippen MR) is 86.7 cm³/mol. The Morgan fingerprint density at radius 1 is 1.72 bits per heavy atom. The summed E-state index contributed by atoms with van der Waals surface area (Å²) >= 11 is 6.20. The zero-order valence-corrected chi connectivity index (χ0v) is 14.5. The lowest BCUT2D eigenvalue weighted by Gasteiger charge is -2.34. The molecule has 0 aromatic rings. The minimum Gasteiger partial charge on any atom is -0.431 e. The first-order chi connectivity index (χ1) is 8.45. The molecule has 1 unspecified atom stereocenters. The van der Waals surface area contributed by atoms with E-state index in [1.807, 2.05) is 17.9 Å². The Balaban J connectivity index is 2.56. The molecule has 0 saturated carbocycles. The third kappa shape index (κ3) is 5.00. The number of esters is 1. The Hall–Kier alpha value is 0.705. The van der Waals surface area contributed by atoms with E-state index in [9.17, 15) is 4.79 Å². The highest BCUT2D eigenvalue weighted by Crippen LogP contribution is 2.26. The van der Waals surface area contributed by atoms with Crippen LogP contribution < -0.4 is 0 Å². The first-order valence-corrected chi connectivity index (χ1v) is 8.06. The molecule has 1 fully saturated rings. The summed E-state index contributed by atoms with van der Waals surface area (Å²) < 4.78 is 18.2. The molecule has 1 saturated heterocycles. The number of halogens is 1. The molecule has 0 aliphatic carbocycles. The van der Waals surface area contributed by atoms with Crippen LogP contribution in [0.5, 0.6) is 0 Å². The fraction of sp³-hybridized carbons (Fsp3) is 0.700. The molecule has 18 heavy (non-hydrogen) atoms. The van der Waals surface area contributed by atoms with Crippen LogP contribution in [0.4, 0.5) is 0 Å². The Kier molecular flexibility index (Phi) is 7.54. The second kappa shape index (κ2) is 8.09. The van der Waals surface area contributed by atoms with Gasteiger partial charge in [-0.2, -0.15) is 12.5 Å². The normalized spacial score (nSPS) is 29.1. The minimum absolute atomic E-state index is 0.181. The summed E-state index contributed by atoms with van der Waals surface area (Å²) in [6, 6.07) is 0. The lowest BCUT2D eigenvalue weighted by atomic mass is 10.0. The molecule has 1 aliphatic rings. The second-order valence-electron chi connectivity index (χ2n) is 4.14. The van der Waals surface area contributed by atoms with Gasteiger partial charge in [0.1, 0.15) is 0 Å². The van der Waals surface area contributed by atoms with Crippen molar-refractivity contribution in [2.24, 2.45) is 5.92 Å². The van der Waals surface area contributed by atoms with E-state index < -0.39 is 6.29 Å². The molecule has 4 atom stereocenters. The first-order valence-electron chi connectivity index (χ1n) is 5.63. The van der Waals surface area contributed by atoms with Crippen LogP contribution in [0.1, 0.15) is 20.3 Å². The van der Waals surface area contributed by atoms with E-state index in [1.165, 1.54) is 0 Å². The van der Waals surface area contributed by atoms with E-state index >= 15 is 0 Å². The van der Waals surface area contributed by atoms with E-state index in [-0.39, 0.29) is 23.9 Å². The van der Waals surface area contributed by atoms with Crippen molar-refractivity contribution in [2.45, 2.75) is 32.7 Å². The number of hydrogen-bond acceptors (Lipinski definition) is 5. The fourth-order valence-electron chi connectivity index (χ4n) is 1.54. The molecule has 0 spiro atoms. The summed E-state index contributed by atoms with van der Waals surface area (Å²) in [4.78, 5) is 11.7. The van der Waals surface area contributed by atoms with Gasteiger partial charge in [-0.15, -0.1) is 9.12 Å². The zero-order chi connectivity index (χ0) is 13.7. The first kappa shape index (κ1) is 16.8. The Morgan fingerprint density at radius 3 is 2.94 bits per heavy atom. The maximum atomic E-state index is 11.7. The summed E-state index contributed by atoms with van der Waals surface area (Å²) in [6.07, 6.45) is -0.106. The van der Waals surface area contributed by atoms with Crippen LogP contribution in [0.3, 0.4) is 0 Å². The second-order valence-corrected chi connectivity index (χ2v) is 6.43. The molecule has 0 aromatic carbocycles. The van der Waals surface area contributed by atoms with Gasteiger partial charge in [0, 0.05) is 12.2 Å². The van der Waals surface area contributed by atoms with E-state index in [0.717, 1.165) is 5.57 Å². The molecular weight excluding hydrogens is 385 g/mol. The Bertz CT molecular complexity index is 329. The third-order valence-corrected chi connectivity index (χ3v) is 4.01. The average molecular weight is 402 g/mol. The van der Waals surface area contributed by atoms with Crippen LogP contribution in [0.15, 0.2) is 9.66 Å². The molecule has 0 amide bonds. The van der Waals surface area contributed by atoms with Gasteiger partial charge in [-0.05, 0) is 24.4 Å². The van der Waals surface area contributed by atoms with Gasteiger partial charge in [-0.1, -0.05) is 22.6 Å². The van der Waals surface area contributed by atoms with Crippen molar-refractivity contribution in [3.8, 4) is 0 Å². The monoisotopic (exact) mass is 402 g/mol. The van der Waals surface area contributed by atoms with Crippen molar-refractivity contribution in [1.82, 2.24) is 0 Å². The highest BCUT2D eigenvalue weighted by molar-refractivity contribution is 14.1. The molecule has 1 rings (SSSR count). The number of carbonyl (C=O) groups is 1. The maximum Gasteiger partial charge on any atom is 0.380 e. The van der Waals surface area contributed by atoms with Crippen LogP contribution in [-0.4, -0.2) is 30.9 Å². The molecular formula is C10H17BIO4PS. The van der Waals surface area contributed by atoms with Crippen molar-refractivity contribution in [3.05, 3.63) is 9.66 Å². The average Bonchev–Trinajstić information content (AvgIpc) is 2.32. The highest BCUT2D eigenvalue weighted by Gasteiger charge is 2.36. The van der Waals surface area contributed by atoms with Gasteiger partial charge < -0.3 is 14.1 Å². The quantitative estimate of drug-likeness (QED) is 0.252. The standard InChI is InChI=1S/C10H17BIO4PS/c1-6(5-12)10-15-8(3-4-14-11(17)18)7(2)9(13)16-10/h5,7-8,10,18H,3-4,17H2,1-2H3/b6-5+/t7-,8+,10+/m0/s1. The summed E-state index contributed by atoms with van der Waals surface area (Å²) in [5.41, 5.74) is 0.889. The van der Waals surface area contributed by atoms with Crippen molar-refractivity contribution in [1.29, 1.82) is 0 Å². The molecule has 0 bridgehead atoms. The molecule has 1 aliphatic heterocycles. The molecule has 1 heterocycles. The van der Waals surface area contributed by atoms with Crippen molar-refractivity contribution < 1.29 is 18.9 Å². The van der Waals surface area contributed by atoms with Crippen molar-refractivity contribution >= 4 is 56.1 Å². The van der Waals surface area contributed by atoms with Gasteiger partial charge in [0.2, 0.25) is 6.29 Å². The van der Waals surface area contributed by atoms with Gasteiger partial charge >= 0.3 is 11.9 Å². The number of thiol groups is 1. The summed E-state index contributed by atoms with van der Waals surface area (Å²) in [6.45, 7) is 4.19. The van der Waals surface area contributed by atoms with Crippen LogP contribution in [-0.2, 0) is 18.9 Å². The topological polar surface area (TPSA) is 44.8 Å². The molecule has 0 N–H and O–H groups in total. The third-order valence-electron chi connectivity index (χ3n) is 2.69.